The van der Waals surface area contributed by atoms with Gasteiger partial charge in [-0.1, -0.05) is 0 Å². The SMILES string of the molecule is CCn1cc(C(O)C(CC(=N)F)Nc2ccc(F)cc2C2OCCO2)cn1. The van der Waals surface area contributed by atoms with Gasteiger partial charge in [0.05, 0.1) is 25.5 Å². The van der Waals surface area contributed by atoms with Crippen molar-refractivity contribution in [3.63, 3.8) is 0 Å². The Balaban J connectivity index is 1.87. The van der Waals surface area contributed by atoms with E-state index in [9.17, 15) is 13.9 Å². The number of rotatable bonds is 8. The Morgan fingerprint density at radius 3 is 2.81 bits per heavy atom. The lowest BCUT2D eigenvalue weighted by Crippen LogP contribution is -2.30. The Morgan fingerprint density at radius 1 is 1.44 bits per heavy atom. The Morgan fingerprint density at radius 2 is 2.19 bits per heavy atom. The molecule has 0 bridgehead atoms. The number of aryl methyl sites for hydroxylation is 1. The van der Waals surface area contributed by atoms with Crippen molar-refractivity contribution in [2.24, 2.45) is 0 Å². The molecule has 2 heterocycles. The second-order valence-electron chi connectivity index (χ2n) is 6.24. The fraction of sp³-hybridized carbons (Fsp3) is 0.444. The van der Waals surface area contributed by atoms with E-state index in [0.717, 1.165) is 0 Å². The van der Waals surface area contributed by atoms with Crippen LogP contribution in [0.1, 0.15) is 36.9 Å². The third-order valence-electron chi connectivity index (χ3n) is 4.33. The predicted molar refractivity (Wildman–Crippen MR) is 94.8 cm³/mol. The molecular formula is C18H22F2N4O3. The summed E-state index contributed by atoms with van der Waals surface area (Å²) >= 11 is 0. The molecule has 2 unspecified atom stereocenters. The van der Waals surface area contributed by atoms with Crippen LogP contribution in [0.25, 0.3) is 0 Å². The minimum atomic E-state index is -1.12. The highest BCUT2D eigenvalue weighted by molar-refractivity contribution is 5.72. The van der Waals surface area contributed by atoms with E-state index in [-0.39, 0.29) is 6.42 Å². The summed E-state index contributed by atoms with van der Waals surface area (Å²) in [5.74, 6) is -1.54. The monoisotopic (exact) mass is 380 g/mol. The minimum Gasteiger partial charge on any atom is -0.386 e. The fourth-order valence-corrected chi connectivity index (χ4v) is 2.97. The Labute approximate surface area is 155 Å². The molecule has 27 heavy (non-hydrogen) atoms. The van der Waals surface area contributed by atoms with Crippen molar-refractivity contribution in [1.29, 1.82) is 5.41 Å². The number of aliphatic hydroxyl groups is 1. The molecule has 1 fully saturated rings. The van der Waals surface area contributed by atoms with Gasteiger partial charge in [-0.15, -0.1) is 0 Å². The standard InChI is InChI=1S/C18H22F2N4O3/c1-2-24-10-11(9-22-24)17(25)15(8-16(20)21)23-14-4-3-12(19)7-13(14)18-26-5-6-27-18/h3-4,7,9-10,15,17-18,21,23,25H,2,5-6,8H2,1H3. The normalized spacial score (nSPS) is 17.0. The lowest BCUT2D eigenvalue weighted by molar-refractivity contribution is -0.0438. The average Bonchev–Trinajstić information content (AvgIpc) is 3.33. The molecule has 3 N–H and O–H groups in total. The van der Waals surface area contributed by atoms with E-state index in [1.54, 1.807) is 10.9 Å². The molecule has 0 saturated carbocycles. The molecule has 0 radical (unpaired) electrons. The summed E-state index contributed by atoms with van der Waals surface area (Å²) in [7, 11) is 0. The molecule has 1 saturated heterocycles. The van der Waals surface area contributed by atoms with Crippen molar-refractivity contribution in [3.8, 4) is 0 Å². The van der Waals surface area contributed by atoms with E-state index in [4.69, 9.17) is 14.9 Å². The minimum absolute atomic E-state index is 0.346. The Bertz CT molecular complexity index is 793. The Hall–Kier alpha value is -2.36. The second kappa shape index (κ2) is 8.55. The quantitative estimate of drug-likeness (QED) is 0.613. The van der Waals surface area contributed by atoms with Gasteiger partial charge < -0.3 is 19.9 Å². The van der Waals surface area contributed by atoms with Gasteiger partial charge >= 0.3 is 0 Å². The smallest absolute Gasteiger partial charge is 0.186 e. The first-order chi connectivity index (χ1) is 13.0. The number of nitrogens with one attached hydrogen (secondary N) is 2. The van der Waals surface area contributed by atoms with E-state index in [1.807, 2.05) is 6.92 Å². The van der Waals surface area contributed by atoms with Gasteiger partial charge in [-0.25, -0.2) is 4.39 Å². The molecule has 0 aliphatic carbocycles. The highest BCUT2D eigenvalue weighted by Gasteiger charge is 2.27. The van der Waals surface area contributed by atoms with Crippen LogP contribution < -0.4 is 5.32 Å². The van der Waals surface area contributed by atoms with Crippen molar-refractivity contribution in [3.05, 3.63) is 47.5 Å². The van der Waals surface area contributed by atoms with E-state index < -0.39 is 30.2 Å². The van der Waals surface area contributed by atoms with Crippen LogP contribution in [0.15, 0.2) is 30.6 Å². The summed E-state index contributed by atoms with van der Waals surface area (Å²) in [4.78, 5) is 0. The number of hydrogen-bond donors (Lipinski definition) is 3. The van der Waals surface area contributed by atoms with Crippen LogP contribution in [-0.2, 0) is 16.0 Å². The van der Waals surface area contributed by atoms with E-state index >= 15 is 0 Å². The van der Waals surface area contributed by atoms with Gasteiger partial charge in [-0.2, -0.15) is 9.49 Å². The average molecular weight is 380 g/mol. The first-order valence-electron chi connectivity index (χ1n) is 8.70. The van der Waals surface area contributed by atoms with Gasteiger partial charge in [0.15, 0.2) is 12.3 Å². The van der Waals surface area contributed by atoms with Crippen molar-refractivity contribution < 1.29 is 23.4 Å². The highest BCUT2D eigenvalue weighted by Crippen LogP contribution is 2.32. The van der Waals surface area contributed by atoms with Gasteiger partial charge in [-0.05, 0) is 25.1 Å². The van der Waals surface area contributed by atoms with Crippen LogP contribution >= 0.6 is 0 Å². The van der Waals surface area contributed by atoms with Crippen LogP contribution in [0.5, 0.6) is 0 Å². The summed E-state index contributed by atoms with van der Waals surface area (Å²) in [6.45, 7) is 3.31. The van der Waals surface area contributed by atoms with Crippen molar-refractivity contribution >= 4 is 11.7 Å². The maximum absolute atomic E-state index is 13.7. The van der Waals surface area contributed by atoms with Gasteiger partial charge in [0, 0.05) is 36.0 Å². The molecule has 2 atom stereocenters. The summed E-state index contributed by atoms with van der Waals surface area (Å²) in [6, 6.07) is 3.15. The zero-order chi connectivity index (χ0) is 19.4. The zero-order valence-corrected chi connectivity index (χ0v) is 14.9. The molecule has 0 spiro atoms. The van der Waals surface area contributed by atoms with E-state index in [0.29, 0.717) is 36.6 Å². The van der Waals surface area contributed by atoms with Gasteiger partial charge in [-0.3, -0.25) is 10.1 Å². The number of aromatic nitrogens is 2. The molecule has 9 heteroatoms. The maximum atomic E-state index is 13.7. The summed E-state index contributed by atoms with van der Waals surface area (Å²) in [6.07, 6.45) is 0.954. The first kappa shape index (κ1) is 19.4. The van der Waals surface area contributed by atoms with Crippen LogP contribution in [0, 0.1) is 11.2 Å². The molecule has 0 amide bonds. The summed E-state index contributed by atoms with van der Waals surface area (Å²) < 4.78 is 39.6. The third kappa shape index (κ3) is 4.68. The molecule has 1 aliphatic rings. The largest absolute Gasteiger partial charge is 0.386 e. The van der Waals surface area contributed by atoms with Gasteiger partial charge in [0.1, 0.15) is 11.9 Å². The highest BCUT2D eigenvalue weighted by atomic mass is 19.1. The predicted octanol–water partition coefficient (Wildman–Crippen LogP) is 2.94. The van der Waals surface area contributed by atoms with Crippen LogP contribution in [0.4, 0.5) is 14.5 Å². The van der Waals surface area contributed by atoms with Crippen molar-refractivity contribution in [1.82, 2.24) is 9.78 Å². The lowest BCUT2D eigenvalue weighted by atomic mass is 10.0. The van der Waals surface area contributed by atoms with Crippen LogP contribution in [-0.4, -0.2) is 40.1 Å². The zero-order valence-electron chi connectivity index (χ0n) is 14.9. The number of benzene rings is 1. The molecule has 2 aromatic rings. The molecule has 1 aromatic carbocycles. The van der Waals surface area contributed by atoms with Gasteiger partial charge in [0.2, 0.25) is 0 Å². The van der Waals surface area contributed by atoms with E-state index in [1.165, 1.54) is 24.4 Å². The first-order valence-corrected chi connectivity index (χ1v) is 8.70. The summed E-state index contributed by atoms with van der Waals surface area (Å²) in [5, 5.41) is 25.0. The lowest BCUT2D eigenvalue weighted by Gasteiger charge is -2.26. The molecule has 146 valence electrons. The topological polar surface area (TPSA) is 92.4 Å². The van der Waals surface area contributed by atoms with Gasteiger partial charge in [0.25, 0.3) is 0 Å². The van der Waals surface area contributed by atoms with Crippen LogP contribution in [0.3, 0.4) is 0 Å². The molecular weight excluding hydrogens is 358 g/mol. The fourth-order valence-electron chi connectivity index (χ4n) is 2.97. The Kier molecular flexibility index (Phi) is 6.15. The van der Waals surface area contributed by atoms with Crippen molar-refractivity contribution in [2.75, 3.05) is 18.5 Å². The molecule has 1 aromatic heterocycles. The molecule has 3 rings (SSSR count). The number of anilines is 1. The number of halogens is 2. The number of ether oxygens (including phenoxy) is 2. The summed E-state index contributed by atoms with van der Waals surface area (Å²) in [5.41, 5.74) is 1.35. The second-order valence-corrected chi connectivity index (χ2v) is 6.24. The maximum Gasteiger partial charge on any atom is 0.186 e. The number of hydrogen-bond acceptors (Lipinski definition) is 6. The molecule has 7 nitrogen and oxygen atoms in total. The number of nitrogens with zero attached hydrogens (tertiary/aromatic N) is 2. The molecule has 1 aliphatic heterocycles. The number of aliphatic hydroxyl groups excluding tert-OH is 1. The van der Waals surface area contributed by atoms with Crippen LogP contribution in [0.2, 0.25) is 0 Å². The third-order valence-corrected chi connectivity index (χ3v) is 4.33. The van der Waals surface area contributed by atoms with E-state index in [2.05, 4.69) is 10.4 Å². The van der Waals surface area contributed by atoms with Crippen molar-refractivity contribution in [2.45, 2.75) is 38.3 Å².